The molecule has 1 aliphatic heterocycles. The second kappa shape index (κ2) is 12.8. The van der Waals surface area contributed by atoms with Crippen LogP contribution in [0.4, 0.5) is 17.3 Å². The van der Waals surface area contributed by atoms with E-state index in [0.717, 1.165) is 111 Å². The Labute approximate surface area is 334 Å². The normalized spacial score (nSPS) is 12.1. The lowest BCUT2D eigenvalue weighted by Crippen LogP contribution is -2.19. The lowest BCUT2D eigenvalue weighted by atomic mass is 9.90. The fourth-order valence-corrected chi connectivity index (χ4v) is 8.75. The minimum atomic E-state index is 0.588. The Kier molecular flexibility index (Phi) is 7.16. The molecule has 0 saturated carbocycles. The summed E-state index contributed by atoms with van der Waals surface area (Å²) >= 11 is 0. The summed E-state index contributed by atoms with van der Waals surface area (Å²) in [6.07, 6.45) is 0. The van der Waals surface area contributed by atoms with E-state index in [1.807, 2.05) is 30.3 Å². The Morgan fingerprint density at radius 2 is 1.02 bits per heavy atom. The molecule has 5 heteroatoms. The van der Waals surface area contributed by atoms with Crippen LogP contribution >= 0.6 is 0 Å². The predicted molar refractivity (Wildman–Crippen MR) is 238 cm³/mol. The topological polar surface area (TPSA) is 55.1 Å². The molecule has 0 bridgehead atoms. The van der Waals surface area contributed by atoms with Crippen LogP contribution in [-0.2, 0) is 0 Å². The molecule has 0 spiro atoms. The number of fused-ring (bicyclic) bond motifs is 7. The SMILES string of the molecule is c1ccc(-c2cccc(-c3cc(-c4ccccc4)nc(N4c5ccc(-c6cccc7oc8ccccc8c67)cc5-c5nc6ccccc6c6cccc4c56)n3)c2)cc1. The zero-order valence-electron chi connectivity index (χ0n) is 31.2. The average molecular weight is 741 g/mol. The first kappa shape index (κ1) is 32.4. The van der Waals surface area contributed by atoms with Crippen molar-refractivity contribution in [1.82, 2.24) is 15.0 Å². The number of benzene rings is 8. The largest absolute Gasteiger partial charge is 0.456 e. The fraction of sp³-hybridized carbons (Fsp3) is 0. The van der Waals surface area contributed by atoms with Gasteiger partial charge in [0, 0.05) is 38.2 Å². The van der Waals surface area contributed by atoms with Crippen molar-refractivity contribution < 1.29 is 4.42 Å². The molecule has 0 aliphatic carbocycles. The van der Waals surface area contributed by atoms with Gasteiger partial charge in [-0.25, -0.2) is 15.0 Å². The molecule has 5 nitrogen and oxygen atoms in total. The molecule has 0 atom stereocenters. The van der Waals surface area contributed by atoms with Crippen molar-refractivity contribution in [1.29, 1.82) is 0 Å². The molecule has 58 heavy (non-hydrogen) atoms. The first-order chi connectivity index (χ1) is 28.7. The van der Waals surface area contributed by atoms with Gasteiger partial charge in [-0.1, -0.05) is 146 Å². The molecule has 1 aliphatic rings. The third kappa shape index (κ3) is 5.07. The summed E-state index contributed by atoms with van der Waals surface area (Å²) in [5.41, 5.74) is 14.8. The maximum Gasteiger partial charge on any atom is 0.235 e. The van der Waals surface area contributed by atoms with E-state index in [2.05, 4.69) is 169 Å². The van der Waals surface area contributed by atoms with E-state index < -0.39 is 0 Å². The van der Waals surface area contributed by atoms with Gasteiger partial charge in [-0.15, -0.1) is 0 Å². The molecule has 11 aromatic rings. The molecule has 8 aromatic carbocycles. The van der Waals surface area contributed by atoms with Gasteiger partial charge in [0.2, 0.25) is 5.95 Å². The summed E-state index contributed by atoms with van der Waals surface area (Å²) in [5, 5.41) is 5.51. The van der Waals surface area contributed by atoms with E-state index in [9.17, 15) is 0 Å². The summed E-state index contributed by atoms with van der Waals surface area (Å²) in [4.78, 5) is 18.5. The van der Waals surface area contributed by atoms with Crippen molar-refractivity contribution in [2.75, 3.05) is 4.90 Å². The highest BCUT2D eigenvalue weighted by Crippen LogP contribution is 2.52. The third-order valence-electron chi connectivity index (χ3n) is 11.4. The maximum absolute atomic E-state index is 6.33. The van der Waals surface area contributed by atoms with Gasteiger partial charge in [-0.2, -0.15) is 0 Å². The molecule has 270 valence electrons. The Hall–Kier alpha value is -7.89. The molecule has 12 rings (SSSR count). The summed E-state index contributed by atoms with van der Waals surface area (Å²) in [6.45, 7) is 0. The van der Waals surface area contributed by atoms with Crippen LogP contribution in [0.3, 0.4) is 0 Å². The number of rotatable bonds is 5. The lowest BCUT2D eigenvalue weighted by Gasteiger charge is -2.32. The van der Waals surface area contributed by atoms with E-state index in [1.54, 1.807) is 0 Å². The average Bonchev–Trinajstić information content (AvgIpc) is 3.69. The van der Waals surface area contributed by atoms with Crippen molar-refractivity contribution in [3.8, 4) is 56.0 Å². The Balaban J connectivity index is 1.13. The van der Waals surface area contributed by atoms with Crippen molar-refractivity contribution in [3.63, 3.8) is 0 Å². The van der Waals surface area contributed by atoms with Crippen LogP contribution in [-0.4, -0.2) is 15.0 Å². The molecule has 0 N–H and O–H groups in total. The van der Waals surface area contributed by atoms with Gasteiger partial charge in [-0.05, 0) is 76.2 Å². The minimum Gasteiger partial charge on any atom is -0.456 e. The number of hydrogen-bond donors (Lipinski definition) is 0. The van der Waals surface area contributed by atoms with E-state index in [4.69, 9.17) is 19.4 Å². The molecule has 4 heterocycles. The van der Waals surface area contributed by atoms with E-state index in [1.165, 1.54) is 0 Å². The Morgan fingerprint density at radius 3 is 1.88 bits per heavy atom. The van der Waals surface area contributed by atoms with Crippen LogP contribution in [0.25, 0.3) is 99.6 Å². The van der Waals surface area contributed by atoms with E-state index >= 15 is 0 Å². The Bertz CT molecular complexity index is 3410. The fourth-order valence-electron chi connectivity index (χ4n) is 8.75. The van der Waals surface area contributed by atoms with Crippen molar-refractivity contribution >= 4 is 60.9 Å². The molecule has 0 unspecified atom stereocenters. The van der Waals surface area contributed by atoms with Crippen LogP contribution < -0.4 is 4.90 Å². The highest BCUT2D eigenvalue weighted by molar-refractivity contribution is 6.20. The third-order valence-corrected chi connectivity index (χ3v) is 11.4. The van der Waals surface area contributed by atoms with Gasteiger partial charge >= 0.3 is 0 Å². The number of hydrogen-bond acceptors (Lipinski definition) is 5. The van der Waals surface area contributed by atoms with Crippen LogP contribution in [0.15, 0.2) is 199 Å². The van der Waals surface area contributed by atoms with Gasteiger partial charge in [0.25, 0.3) is 0 Å². The second-order valence-electron chi connectivity index (χ2n) is 14.8. The van der Waals surface area contributed by atoms with Crippen LogP contribution in [0.5, 0.6) is 0 Å². The predicted octanol–water partition coefficient (Wildman–Crippen LogP) is 14.2. The van der Waals surface area contributed by atoms with Crippen molar-refractivity contribution in [2.45, 2.75) is 0 Å². The summed E-state index contributed by atoms with van der Waals surface area (Å²) < 4.78 is 6.33. The van der Waals surface area contributed by atoms with Crippen LogP contribution in [0, 0.1) is 0 Å². The van der Waals surface area contributed by atoms with Crippen LogP contribution in [0.1, 0.15) is 0 Å². The van der Waals surface area contributed by atoms with Gasteiger partial charge in [0.1, 0.15) is 11.2 Å². The van der Waals surface area contributed by atoms with Crippen molar-refractivity contribution in [2.24, 2.45) is 0 Å². The van der Waals surface area contributed by atoms with Crippen molar-refractivity contribution in [3.05, 3.63) is 194 Å². The Morgan fingerprint density at radius 1 is 0.362 bits per heavy atom. The molecule has 0 radical (unpaired) electrons. The number of anilines is 3. The minimum absolute atomic E-state index is 0.588. The van der Waals surface area contributed by atoms with Gasteiger partial charge in [0.05, 0.1) is 34.0 Å². The lowest BCUT2D eigenvalue weighted by molar-refractivity contribution is 0.669. The maximum atomic E-state index is 6.33. The number of para-hydroxylation sites is 2. The first-order valence-electron chi connectivity index (χ1n) is 19.5. The summed E-state index contributed by atoms with van der Waals surface area (Å²) in [6, 6.07) is 67.8. The summed E-state index contributed by atoms with van der Waals surface area (Å²) in [5.74, 6) is 0.588. The highest BCUT2D eigenvalue weighted by atomic mass is 16.3. The summed E-state index contributed by atoms with van der Waals surface area (Å²) in [7, 11) is 0. The highest BCUT2D eigenvalue weighted by Gasteiger charge is 2.31. The molecule has 0 saturated heterocycles. The quantitative estimate of drug-likeness (QED) is 0.164. The smallest absolute Gasteiger partial charge is 0.235 e. The zero-order chi connectivity index (χ0) is 38.2. The number of pyridine rings is 1. The monoisotopic (exact) mass is 740 g/mol. The number of furan rings is 1. The van der Waals surface area contributed by atoms with Gasteiger partial charge < -0.3 is 4.42 Å². The molecule has 3 aromatic heterocycles. The van der Waals surface area contributed by atoms with E-state index in [0.29, 0.717) is 5.95 Å². The molecule has 0 fully saturated rings. The number of nitrogens with zero attached hydrogens (tertiary/aromatic N) is 4. The zero-order valence-corrected chi connectivity index (χ0v) is 31.2. The van der Waals surface area contributed by atoms with E-state index in [-0.39, 0.29) is 0 Å². The van der Waals surface area contributed by atoms with Gasteiger partial charge in [0.15, 0.2) is 0 Å². The molecular formula is C53H32N4O. The number of aromatic nitrogens is 3. The standard InChI is InChI=1S/C53H32N4O/c1-3-14-33(15-4-1)35-18-11-19-37(30-35)45-32-44(34-16-5-2-6-17-34)55-53(56-45)57-46-29-28-36(38-22-13-27-49-50(38)41-21-8-10-26-48(41)58-49)31-42(46)52-51-40(23-12-25-47(51)57)39-20-7-9-24-43(39)54-52/h1-32H. The second-order valence-corrected chi connectivity index (χ2v) is 14.8. The first-order valence-corrected chi connectivity index (χ1v) is 19.5. The molecular weight excluding hydrogens is 709 g/mol. The molecule has 0 amide bonds. The van der Waals surface area contributed by atoms with Crippen LogP contribution in [0.2, 0.25) is 0 Å². The van der Waals surface area contributed by atoms with Gasteiger partial charge in [-0.3, -0.25) is 4.90 Å².